The number of guanidine groups is 1. The van der Waals surface area contributed by atoms with E-state index in [0.717, 1.165) is 76.0 Å². The van der Waals surface area contributed by atoms with Crippen molar-refractivity contribution in [3.8, 4) is 0 Å². The minimum absolute atomic E-state index is 0.00948. The highest BCUT2D eigenvalue weighted by Gasteiger charge is 2.13. The van der Waals surface area contributed by atoms with E-state index in [0.29, 0.717) is 19.0 Å². The molecule has 1 amide bonds. The summed E-state index contributed by atoms with van der Waals surface area (Å²) in [6.45, 7) is 8.34. The van der Waals surface area contributed by atoms with E-state index in [1.807, 2.05) is 17.5 Å². The van der Waals surface area contributed by atoms with E-state index in [-0.39, 0.29) is 5.91 Å². The molecule has 1 aliphatic heterocycles. The Morgan fingerprint density at radius 2 is 2.07 bits per heavy atom. The molecule has 0 radical (unpaired) electrons. The van der Waals surface area contributed by atoms with Gasteiger partial charge in [-0.1, -0.05) is 6.07 Å². The van der Waals surface area contributed by atoms with Crippen LogP contribution in [0.1, 0.15) is 42.3 Å². The lowest BCUT2D eigenvalue weighted by Crippen LogP contribution is -2.38. The SMILES string of the molecule is CCNC(=NCCCNC(=O)c1cccs1)NCCCOCC1CCOCC1. The number of rotatable bonds is 12. The first-order valence-corrected chi connectivity index (χ1v) is 11.2. The molecule has 0 atom stereocenters. The third-order valence-electron chi connectivity index (χ3n) is 4.43. The fraction of sp³-hybridized carbons (Fsp3) is 0.700. The number of hydrogen-bond donors (Lipinski definition) is 3. The quantitative estimate of drug-likeness (QED) is 0.280. The van der Waals surface area contributed by atoms with E-state index in [2.05, 4.69) is 27.9 Å². The summed E-state index contributed by atoms with van der Waals surface area (Å²) in [5.41, 5.74) is 0. The zero-order valence-electron chi connectivity index (χ0n) is 16.9. The molecule has 0 bridgehead atoms. The molecule has 0 spiro atoms. The van der Waals surface area contributed by atoms with E-state index in [4.69, 9.17) is 9.47 Å². The largest absolute Gasteiger partial charge is 0.381 e. The Balaban J connectivity index is 1.51. The van der Waals surface area contributed by atoms with Crippen molar-refractivity contribution in [2.75, 3.05) is 52.6 Å². The first-order chi connectivity index (χ1) is 13.8. The normalized spacial score (nSPS) is 15.4. The predicted octanol–water partition coefficient (Wildman–Crippen LogP) is 2.26. The molecule has 1 aliphatic rings. The summed E-state index contributed by atoms with van der Waals surface area (Å²) in [5.74, 6) is 1.46. The van der Waals surface area contributed by atoms with Crippen LogP contribution in [0, 0.1) is 5.92 Å². The molecular formula is C20H34N4O3S. The molecular weight excluding hydrogens is 376 g/mol. The monoisotopic (exact) mass is 410 g/mol. The summed E-state index contributed by atoms with van der Waals surface area (Å²) in [4.78, 5) is 17.2. The average molecular weight is 411 g/mol. The van der Waals surface area contributed by atoms with Crippen molar-refractivity contribution in [2.24, 2.45) is 10.9 Å². The fourth-order valence-electron chi connectivity index (χ4n) is 2.85. The van der Waals surface area contributed by atoms with Crippen LogP contribution in [0.3, 0.4) is 0 Å². The molecule has 1 aromatic rings. The maximum atomic E-state index is 11.9. The molecule has 0 saturated carbocycles. The van der Waals surface area contributed by atoms with Gasteiger partial charge in [0.25, 0.3) is 5.91 Å². The lowest BCUT2D eigenvalue weighted by molar-refractivity contribution is 0.0203. The van der Waals surface area contributed by atoms with Crippen LogP contribution >= 0.6 is 11.3 Å². The highest BCUT2D eigenvalue weighted by atomic mass is 32.1. The molecule has 1 fully saturated rings. The number of hydrogen-bond acceptors (Lipinski definition) is 5. The van der Waals surface area contributed by atoms with Gasteiger partial charge < -0.3 is 25.4 Å². The Kier molecular flexibility index (Phi) is 11.6. The van der Waals surface area contributed by atoms with Gasteiger partial charge in [0.15, 0.2) is 5.96 Å². The first kappa shape index (κ1) is 22.6. The van der Waals surface area contributed by atoms with E-state index in [1.165, 1.54) is 11.3 Å². The number of carbonyl (C=O) groups excluding carboxylic acids is 1. The van der Waals surface area contributed by atoms with Crippen LogP contribution in [0.15, 0.2) is 22.5 Å². The molecule has 1 aromatic heterocycles. The zero-order valence-corrected chi connectivity index (χ0v) is 17.7. The average Bonchev–Trinajstić information content (AvgIpc) is 3.26. The molecule has 2 rings (SSSR count). The second-order valence-corrected chi connectivity index (χ2v) is 7.71. The zero-order chi connectivity index (χ0) is 19.9. The first-order valence-electron chi connectivity index (χ1n) is 10.3. The van der Waals surface area contributed by atoms with Gasteiger partial charge in [0.2, 0.25) is 0 Å². The van der Waals surface area contributed by atoms with Gasteiger partial charge in [0, 0.05) is 52.6 Å². The van der Waals surface area contributed by atoms with Crippen LogP contribution < -0.4 is 16.0 Å². The highest BCUT2D eigenvalue weighted by molar-refractivity contribution is 7.12. The lowest BCUT2D eigenvalue weighted by Gasteiger charge is -2.21. The van der Waals surface area contributed by atoms with Gasteiger partial charge in [-0.05, 0) is 50.0 Å². The molecule has 0 unspecified atom stereocenters. The topological polar surface area (TPSA) is 84.0 Å². The van der Waals surface area contributed by atoms with E-state index < -0.39 is 0 Å². The number of thiophene rings is 1. The van der Waals surface area contributed by atoms with Crippen LogP contribution in [0.25, 0.3) is 0 Å². The molecule has 28 heavy (non-hydrogen) atoms. The van der Waals surface area contributed by atoms with Crippen molar-refractivity contribution < 1.29 is 14.3 Å². The van der Waals surface area contributed by atoms with E-state index >= 15 is 0 Å². The number of nitrogens with one attached hydrogen (secondary N) is 3. The van der Waals surface area contributed by atoms with Crippen molar-refractivity contribution in [2.45, 2.75) is 32.6 Å². The number of nitrogens with zero attached hydrogens (tertiary/aromatic N) is 1. The van der Waals surface area contributed by atoms with Crippen LogP contribution in [0.2, 0.25) is 0 Å². The number of carbonyl (C=O) groups is 1. The predicted molar refractivity (Wildman–Crippen MR) is 114 cm³/mol. The standard InChI is InChI=1S/C20H34N4O3S/c1-2-21-20(23-10-4-9-22-19(25)18-6-3-15-28-18)24-11-5-12-27-16-17-7-13-26-14-8-17/h3,6,15,17H,2,4-5,7-14,16H2,1H3,(H,22,25)(H2,21,23,24). The van der Waals surface area contributed by atoms with Gasteiger partial charge in [0.1, 0.15) is 0 Å². The third-order valence-corrected chi connectivity index (χ3v) is 5.30. The molecule has 7 nitrogen and oxygen atoms in total. The maximum absolute atomic E-state index is 11.9. The highest BCUT2D eigenvalue weighted by Crippen LogP contribution is 2.14. The van der Waals surface area contributed by atoms with Crippen LogP contribution in [0.4, 0.5) is 0 Å². The molecule has 158 valence electrons. The van der Waals surface area contributed by atoms with Crippen molar-refractivity contribution in [3.05, 3.63) is 22.4 Å². The summed E-state index contributed by atoms with van der Waals surface area (Å²) >= 11 is 1.45. The molecule has 3 N–H and O–H groups in total. The Morgan fingerprint density at radius 1 is 1.25 bits per heavy atom. The van der Waals surface area contributed by atoms with Crippen molar-refractivity contribution in [1.82, 2.24) is 16.0 Å². The Bertz CT molecular complexity index is 560. The summed E-state index contributed by atoms with van der Waals surface area (Å²) in [7, 11) is 0. The minimum Gasteiger partial charge on any atom is -0.381 e. The maximum Gasteiger partial charge on any atom is 0.261 e. The summed E-state index contributed by atoms with van der Waals surface area (Å²) in [5, 5.41) is 11.4. The Hall–Kier alpha value is -1.64. The summed E-state index contributed by atoms with van der Waals surface area (Å²) in [6.07, 6.45) is 3.99. The van der Waals surface area contributed by atoms with Crippen molar-refractivity contribution in [3.63, 3.8) is 0 Å². The number of amides is 1. The van der Waals surface area contributed by atoms with E-state index in [1.54, 1.807) is 0 Å². The molecule has 0 aliphatic carbocycles. The van der Waals surface area contributed by atoms with Crippen molar-refractivity contribution in [1.29, 1.82) is 0 Å². The Morgan fingerprint density at radius 3 is 2.82 bits per heavy atom. The minimum atomic E-state index is -0.00948. The van der Waals surface area contributed by atoms with Crippen molar-refractivity contribution >= 4 is 23.2 Å². The molecule has 2 heterocycles. The Labute approximate surface area is 172 Å². The summed E-state index contributed by atoms with van der Waals surface area (Å²) in [6, 6.07) is 3.72. The van der Waals surface area contributed by atoms with E-state index in [9.17, 15) is 4.79 Å². The van der Waals surface area contributed by atoms with Crippen LogP contribution in [-0.2, 0) is 9.47 Å². The third kappa shape index (κ3) is 9.52. The smallest absolute Gasteiger partial charge is 0.261 e. The molecule has 1 saturated heterocycles. The van der Waals surface area contributed by atoms with Gasteiger partial charge in [-0.25, -0.2) is 0 Å². The number of ether oxygens (including phenoxy) is 2. The van der Waals surface area contributed by atoms with Gasteiger partial charge in [-0.2, -0.15) is 0 Å². The van der Waals surface area contributed by atoms with Gasteiger partial charge in [-0.3, -0.25) is 9.79 Å². The second-order valence-electron chi connectivity index (χ2n) is 6.76. The molecule has 8 heteroatoms. The van der Waals surface area contributed by atoms with Gasteiger partial charge >= 0.3 is 0 Å². The molecule has 0 aromatic carbocycles. The second kappa shape index (κ2) is 14.4. The van der Waals surface area contributed by atoms with Crippen LogP contribution in [0.5, 0.6) is 0 Å². The lowest BCUT2D eigenvalue weighted by atomic mass is 10.0. The van der Waals surface area contributed by atoms with Gasteiger partial charge in [0.05, 0.1) is 4.88 Å². The van der Waals surface area contributed by atoms with Crippen LogP contribution in [-0.4, -0.2) is 64.5 Å². The van der Waals surface area contributed by atoms with Gasteiger partial charge in [-0.15, -0.1) is 11.3 Å². The number of aliphatic imine (C=N–C) groups is 1. The summed E-state index contributed by atoms with van der Waals surface area (Å²) < 4.78 is 11.1. The fourth-order valence-corrected chi connectivity index (χ4v) is 3.49.